The number of aryl methyl sites for hydroxylation is 1. The number of nitrogens with zero attached hydrogens (tertiary/aromatic N) is 1. The second-order valence-corrected chi connectivity index (χ2v) is 5.90. The van der Waals surface area contributed by atoms with Gasteiger partial charge in [-0.2, -0.15) is 0 Å². The van der Waals surface area contributed by atoms with Crippen LogP contribution in [0.3, 0.4) is 0 Å². The fraction of sp³-hybridized carbons (Fsp3) is 0.375. The largest absolute Gasteiger partial charge is 0.477 e. The molecule has 3 rings (SSSR count). The van der Waals surface area contributed by atoms with E-state index in [9.17, 15) is 14.0 Å². The highest BCUT2D eigenvalue weighted by molar-refractivity contribution is 5.94. The Morgan fingerprint density at radius 1 is 1.48 bits per heavy atom. The van der Waals surface area contributed by atoms with Crippen molar-refractivity contribution in [3.05, 3.63) is 39.4 Å². The van der Waals surface area contributed by atoms with Gasteiger partial charge in [-0.05, 0) is 19.9 Å². The van der Waals surface area contributed by atoms with Gasteiger partial charge in [-0.15, -0.1) is 0 Å². The van der Waals surface area contributed by atoms with E-state index >= 15 is 0 Å². The zero-order valence-electron chi connectivity index (χ0n) is 12.9. The number of halogens is 1. The maximum Gasteiger partial charge on any atom is 0.341 e. The van der Waals surface area contributed by atoms with Gasteiger partial charge in [0.05, 0.1) is 16.6 Å². The molecule has 0 bridgehead atoms. The zero-order valence-corrected chi connectivity index (χ0v) is 12.9. The molecular formula is C16H18FN3O3. The van der Waals surface area contributed by atoms with Crippen LogP contribution in [0.1, 0.15) is 22.8 Å². The van der Waals surface area contributed by atoms with Crippen molar-refractivity contribution >= 4 is 22.6 Å². The normalized spacial score (nSPS) is 18.4. The van der Waals surface area contributed by atoms with Crippen LogP contribution in [0.2, 0.25) is 0 Å². The molecule has 0 saturated carbocycles. The van der Waals surface area contributed by atoms with E-state index in [-0.39, 0.29) is 22.6 Å². The number of hydrogen-bond donors (Lipinski definition) is 3. The summed E-state index contributed by atoms with van der Waals surface area (Å²) in [5, 5.41) is 12.4. The number of pyridine rings is 1. The minimum Gasteiger partial charge on any atom is -0.477 e. The van der Waals surface area contributed by atoms with Gasteiger partial charge in [-0.1, -0.05) is 0 Å². The van der Waals surface area contributed by atoms with E-state index in [1.54, 1.807) is 6.07 Å². The third-order valence-corrected chi connectivity index (χ3v) is 4.26. The number of carbonyl (C=O) groups is 1. The number of aromatic carboxylic acids is 1. The van der Waals surface area contributed by atoms with Crippen molar-refractivity contribution in [1.82, 2.24) is 10.3 Å². The number of carboxylic acids is 1. The van der Waals surface area contributed by atoms with Crippen LogP contribution in [0.5, 0.6) is 0 Å². The lowest BCUT2D eigenvalue weighted by atomic mass is 10.0. The number of hydrogen-bond acceptors (Lipinski definition) is 4. The summed E-state index contributed by atoms with van der Waals surface area (Å²) in [5.41, 5.74) is 0.00150. The molecule has 1 unspecified atom stereocenters. The van der Waals surface area contributed by atoms with Crippen LogP contribution < -0.4 is 15.6 Å². The van der Waals surface area contributed by atoms with Crippen molar-refractivity contribution in [1.29, 1.82) is 0 Å². The van der Waals surface area contributed by atoms with E-state index in [2.05, 4.69) is 10.3 Å². The Bertz CT molecular complexity index is 847. The van der Waals surface area contributed by atoms with Gasteiger partial charge in [0.1, 0.15) is 11.4 Å². The van der Waals surface area contributed by atoms with Crippen LogP contribution in [0.4, 0.5) is 10.1 Å². The third kappa shape index (κ3) is 2.57. The topological polar surface area (TPSA) is 85.4 Å². The molecule has 2 aromatic rings. The second-order valence-electron chi connectivity index (χ2n) is 5.90. The highest BCUT2D eigenvalue weighted by Gasteiger charge is 2.23. The van der Waals surface area contributed by atoms with E-state index in [0.29, 0.717) is 24.3 Å². The highest BCUT2D eigenvalue weighted by atomic mass is 19.1. The standard InChI is InChI=1S/C16H18FN3O3/c1-8-7-20(4-3-18-8)12-5-11-13(9(2)14(12)17)15(21)10(6-19-11)16(22)23/h5-6,8,18H,3-4,7H2,1-2H3,(H,19,21)(H,22,23). The van der Waals surface area contributed by atoms with Gasteiger partial charge in [-0.25, -0.2) is 9.18 Å². The van der Waals surface area contributed by atoms with Crippen LogP contribution in [-0.4, -0.2) is 41.7 Å². The van der Waals surface area contributed by atoms with Gasteiger partial charge >= 0.3 is 5.97 Å². The molecule has 2 heterocycles. The quantitative estimate of drug-likeness (QED) is 0.780. The minimum atomic E-state index is -1.33. The lowest BCUT2D eigenvalue weighted by Gasteiger charge is -2.34. The highest BCUT2D eigenvalue weighted by Crippen LogP contribution is 2.28. The molecule has 1 aliphatic heterocycles. The SMILES string of the molecule is Cc1c(F)c(N2CCNC(C)C2)cc2[nH]cc(C(=O)O)c(=O)c12. The molecule has 0 amide bonds. The van der Waals surface area contributed by atoms with Crippen molar-refractivity contribution in [3.63, 3.8) is 0 Å². The van der Waals surface area contributed by atoms with Gasteiger partial charge in [0.15, 0.2) is 0 Å². The van der Waals surface area contributed by atoms with Crippen LogP contribution in [0.25, 0.3) is 10.9 Å². The predicted molar refractivity (Wildman–Crippen MR) is 85.9 cm³/mol. The Labute approximate surface area is 131 Å². The molecule has 7 heteroatoms. The number of aromatic nitrogens is 1. The first-order chi connectivity index (χ1) is 10.9. The Morgan fingerprint density at radius 3 is 2.87 bits per heavy atom. The van der Waals surface area contributed by atoms with Crippen molar-refractivity contribution < 1.29 is 14.3 Å². The van der Waals surface area contributed by atoms with Crippen LogP contribution in [0, 0.1) is 12.7 Å². The fourth-order valence-electron chi connectivity index (χ4n) is 3.07. The lowest BCUT2D eigenvalue weighted by Crippen LogP contribution is -2.49. The van der Waals surface area contributed by atoms with Crippen molar-refractivity contribution in [2.24, 2.45) is 0 Å². The van der Waals surface area contributed by atoms with Crippen LogP contribution in [0.15, 0.2) is 17.1 Å². The molecule has 0 radical (unpaired) electrons. The molecule has 23 heavy (non-hydrogen) atoms. The van der Waals surface area contributed by atoms with E-state index in [1.807, 2.05) is 11.8 Å². The second kappa shape index (κ2) is 5.66. The average Bonchev–Trinajstić information content (AvgIpc) is 2.50. The number of anilines is 1. The van der Waals surface area contributed by atoms with E-state index in [1.165, 1.54) is 6.92 Å². The average molecular weight is 319 g/mol. The molecule has 1 fully saturated rings. The van der Waals surface area contributed by atoms with E-state index in [0.717, 1.165) is 12.7 Å². The van der Waals surface area contributed by atoms with Crippen molar-refractivity contribution in [2.45, 2.75) is 19.9 Å². The lowest BCUT2D eigenvalue weighted by molar-refractivity contribution is 0.0695. The summed E-state index contributed by atoms with van der Waals surface area (Å²) in [7, 11) is 0. The molecule has 1 atom stereocenters. The molecular weight excluding hydrogens is 301 g/mol. The van der Waals surface area contributed by atoms with Crippen molar-refractivity contribution in [2.75, 3.05) is 24.5 Å². The van der Waals surface area contributed by atoms with Gasteiger partial charge in [0.2, 0.25) is 5.43 Å². The number of piperazine rings is 1. The summed E-state index contributed by atoms with van der Waals surface area (Å²) in [6.45, 7) is 5.63. The summed E-state index contributed by atoms with van der Waals surface area (Å²) in [6, 6.07) is 1.83. The first kappa shape index (κ1) is 15.5. The number of fused-ring (bicyclic) bond motifs is 1. The monoisotopic (exact) mass is 319 g/mol. The summed E-state index contributed by atoms with van der Waals surface area (Å²) < 4.78 is 14.8. The summed E-state index contributed by atoms with van der Waals surface area (Å²) in [4.78, 5) is 28.1. The van der Waals surface area contributed by atoms with E-state index in [4.69, 9.17) is 5.11 Å². The van der Waals surface area contributed by atoms with Gasteiger partial charge in [-0.3, -0.25) is 4.79 Å². The smallest absolute Gasteiger partial charge is 0.341 e. The molecule has 3 N–H and O–H groups in total. The van der Waals surface area contributed by atoms with Crippen molar-refractivity contribution in [3.8, 4) is 0 Å². The maximum atomic E-state index is 14.8. The maximum absolute atomic E-state index is 14.8. The van der Waals surface area contributed by atoms with Gasteiger partial charge in [0.25, 0.3) is 0 Å². The van der Waals surface area contributed by atoms with Gasteiger partial charge < -0.3 is 20.3 Å². The Hall–Kier alpha value is -2.41. The van der Waals surface area contributed by atoms with Crippen LogP contribution in [-0.2, 0) is 0 Å². The molecule has 0 aliphatic carbocycles. The molecule has 122 valence electrons. The summed E-state index contributed by atoms with van der Waals surface area (Å²) in [5.74, 6) is -1.80. The fourth-order valence-corrected chi connectivity index (χ4v) is 3.07. The number of carboxylic acid groups (broad SMARTS) is 1. The molecule has 0 spiro atoms. The number of nitrogens with one attached hydrogen (secondary N) is 2. The summed E-state index contributed by atoms with van der Waals surface area (Å²) >= 11 is 0. The third-order valence-electron chi connectivity index (χ3n) is 4.26. The first-order valence-corrected chi connectivity index (χ1v) is 7.46. The Kier molecular flexibility index (Phi) is 3.81. The zero-order chi connectivity index (χ0) is 16.7. The number of H-pyrrole nitrogens is 1. The predicted octanol–water partition coefficient (Wildman–Crippen LogP) is 1.47. The number of aromatic amines is 1. The molecule has 1 aromatic carbocycles. The molecule has 1 aliphatic rings. The number of rotatable bonds is 2. The van der Waals surface area contributed by atoms with E-state index < -0.39 is 17.2 Å². The Balaban J connectivity index is 2.20. The first-order valence-electron chi connectivity index (χ1n) is 7.46. The van der Waals surface area contributed by atoms with Gasteiger partial charge in [0, 0.05) is 37.4 Å². The number of benzene rings is 1. The van der Waals surface area contributed by atoms with Crippen LogP contribution >= 0.6 is 0 Å². The molecule has 6 nitrogen and oxygen atoms in total. The Morgan fingerprint density at radius 2 is 2.22 bits per heavy atom. The molecule has 1 saturated heterocycles. The minimum absolute atomic E-state index is 0.0920. The summed E-state index contributed by atoms with van der Waals surface area (Å²) in [6.07, 6.45) is 1.16. The molecule has 1 aromatic heterocycles.